The van der Waals surface area contributed by atoms with Gasteiger partial charge in [0.1, 0.15) is 5.75 Å². The lowest BCUT2D eigenvalue weighted by molar-refractivity contribution is 0.116. The summed E-state index contributed by atoms with van der Waals surface area (Å²) in [6.07, 6.45) is 6.42. The highest BCUT2D eigenvalue weighted by Crippen LogP contribution is 2.35. The van der Waals surface area contributed by atoms with Gasteiger partial charge in [-0.2, -0.15) is 5.26 Å². The predicted octanol–water partition coefficient (Wildman–Crippen LogP) is 4.81. The average molecular weight is 324 g/mol. The molecule has 3 nitrogen and oxygen atoms in total. The van der Waals surface area contributed by atoms with Gasteiger partial charge < -0.3 is 5.11 Å². The second-order valence-electron chi connectivity index (χ2n) is 7.25. The van der Waals surface area contributed by atoms with Crippen molar-refractivity contribution in [3.63, 3.8) is 0 Å². The van der Waals surface area contributed by atoms with Gasteiger partial charge >= 0.3 is 0 Å². The Bertz CT molecular complexity index is 674. The summed E-state index contributed by atoms with van der Waals surface area (Å²) in [6.45, 7) is 12.8. The number of phenolic OH excluding ortho intramolecular Hbond substituents is 1. The lowest BCUT2D eigenvalue weighted by atomic mass is 9.78. The fourth-order valence-electron chi connectivity index (χ4n) is 3.36. The summed E-state index contributed by atoms with van der Waals surface area (Å²) in [5.74, 6) is 0.370. The fraction of sp³-hybridized carbons (Fsp3) is 0.476. The van der Waals surface area contributed by atoms with Crippen LogP contribution in [0.3, 0.4) is 0 Å². The number of likely N-dealkylation sites (tertiary alicyclic amines) is 1. The van der Waals surface area contributed by atoms with Crippen molar-refractivity contribution in [2.45, 2.75) is 46.6 Å². The Balaban J connectivity index is 2.10. The summed E-state index contributed by atoms with van der Waals surface area (Å²) in [5, 5.41) is 19.5. The molecule has 0 aliphatic carbocycles. The first-order chi connectivity index (χ1) is 11.4. The Morgan fingerprint density at radius 3 is 2.67 bits per heavy atom. The van der Waals surface area contributed by atoms with E-state index in [1.807, 2.05) is 26.0 Å². The normalized spacial score (nSPS) is 18.2. The van der Waals surface area contributed by atoms with Crippen LogP contribution in [0.1, 0.15) is 49.8 Å². The largest absolute Gasteiger partial charge is 0.507 e. The van der Waals surface area contributed by atoms with Crippen LogP contribution >= 0.6 is 0 Å². The molecule has 0 radical (unpaired) electrons. The van der Waals surface area contributed by atoms with E-state index in [4.69, 9.17) is 5.26 Å². The third-order valence-corrected chi connectivity index (χ3v) is 5.30. The van der Waals surface area contributed by atoms with Gasteiger partial charge in [-0.15, -0.1) is 0 Å². The average Bonchev–Trinajstić information content (AvgIpc) is 2.54. The van der Waals surface area contributed by atoms with E-state index in [0.717, 1.165) is 49.2 Å². The standard InChI is InChI=1S/C21H28N2O/c1-5-6-16(2)19-8-7-18(17(3)20(19)24)15-23-13-10-21(4,9-12-22)11-14-23/h5-8,24H,1,9-11,13-15H2,2-4H3/b16-6+. The van der Waals surface area contributed by atoms with E-state index >= 15 is 0 Å². The summed E-state index contributed by atoms with van der Waals surface area (Å²) in [4.78, 5) is 2.42. The first-order valence-corrected chi connectivity index (χ1v) is 8.60. The molecule has 1 aromatic carbocycles. The van der Waals surface area contributed by atoms with E-state index in [1.54, 1.807) is 6.08 Å². The molecule has 0 spiro atoms. The van der Waals surface area contributed by atoms with E-state index in [1.165, 1.54) is 5.56 Å². The number of aromatic hydroxyl groups is 1. The molecule has 1 fully saturated rings. The van der Waals surface area contributed by atoms with Gasteiger partial charge in [0.05, 0.1) is 6.07 Å². The topological polar surface area (TPSA) is 47.3 Å². The molecule has 1 aliphatic rings. The number of hydrogen-bond acceptors (Lipinski definition) is 3. The number of nitrogens with zero attached hydrogens (tertiary/aromatic N) is 2. The summed E-state index contributed by atoms with van der Waals surface area (Å²) < 4.78 is 0. The molecule has 128 valence electrons. The highest BCUT2D eigenvalue weighted by molar-refractivity contribution is 5.71. The molecule has 0 bridgehead atoms. The number of phenols is 1. The van der Waals surface area contributed by atoms with Crippen LogP contribution in [0.4, 0.5) is 0 Å². The number of rotatable bonds is 5. The maximum Gasteiger partial charge on any atom is 0.126 e. The van der Waals surface area contributed by atoms with Gasteiger partial charge in [-0.25, -0.2) is 0 Å². The molecule has 1 N–H and O–H groups in total. The quantitative estimate of drug-likeness (QED) is 0.791. The Morgan fingerprint density at radius 2 is 2.08 bits per heavy atom. The molecule has 0 unspecified atom stereocenters. The molecule has 1 heterocycles. The Labute approximate surface area is 145 Å². The van der Waals surface area contributed by atoms with Crippen LogP contribution in [-0.4, -0.2) is 23.1 Å². The van der Waals surface area contributed by atoms with Crippen LogP contribution in [0.5, 0.6) is 5.75 Å². The minimum atomic E-state index is 0.166. The molecule has 24 heavy (non-hydrogen) atoms. The van der Waals surface area contributed by atoms with Crippen LogP contribution in [-0.2, 0) is 6.54 Å². The highest BCUT2D eigenvalue weighted by atomic mass is 16.3. The van der Waals surface area contributed by atoms with Crippen LogP contribution in [0.2, 0.25) is 0 Å². The lowest BCUT2D eigenvalue weighted by Gasteiger charge is -2.38. The van der Waals surface area contributed by atoms with Gasteiger partial charge in [0.25, 0.3) is 0 Å². The zero-order valence-corrected chi connectivity index (χ0v) is 15.1. The Morgan fingerprint density at radius 1 is 1.42 bits per heavy atom. The Kier molecular flexibility index (Phi) is 5.85. The molecule has 1 aromatic rings. The molecule has 1 aliphatic heterocycles. The molecule has 0 amide bonds. The molecule has 0 saturated carbocycles. The predicted molar refractivity (Wildman–Crippen MR) is 99.5 cm³/mol. The first kappa shape index (κ1) is 18.3. The number of benzene rings is 1. The van der Waals surface area contributed by atoms with Crippen molar-refractivity contribution in [1.29, 1.82) is 5.26 Å². The summed E-state index contributed by atoms with van der Waals surface area (Å²) in [6, 6.07) is 6.44. The molecule has 3 heteroatoms. The minimum absolute atomic E-state index is 0.166. The monoisotopic (exact) mass is 324 g/mol. The van der Waals surface area contributed by atoms with E-state index in [9.17, 15) is 5.11 Å². The Hall–Kier alpha value is -2.05. The molecular formula is C21H28N2O. The number of allylic oxidation sites excluding steroid dienone is 3. The zero-order valence-electron chi connectivity index (χ0n) is 15.1. The van der Waals surface area contributed by atoms with Crippen molar-refractivity contribution in [3.05, 3.63) is 47.6 Å². The van der Waals surface area contributed by atoms with Crippen molar-refractivity contribution >= 4 is 5.57 Å². The molecular weight excluding hydrogens is 296 g/mol. The van der Waals surface area contributed by atoms with Crippen LogP contribution in [0.15, 0.2) is 30.9 Å². The lowest BCUT2D eigenvalue weighted by Crippen LogP contribution is -2.38. The molecule has 2 rings (SSSR count). The molecule has 0 aromatic heterocycles. The third-order valence-electron chi connectivity index (χ3n) is 5.30. The number of nitriles is 1. The maximum absolute atomic E-state index is 10.5. The molecule has 1 saturated heterocycles. The smallest absolute Gasteiger partial charge is 0.126 e. The van der Waals surface area contributed by atoms with Crippen molar-refractivity contribution in [3.8, 4) is 11.8 Å². The van der Waals surface area contributed by atoms with Gasteiger partial charge in [-0.1, -0.05) is 37.8 Å². The maximum atomic E-state index is 10.5. The second kappa shape index (κ2) is 7.68. The SMILES string of the molecule is C=C/C=C(\C)c1ccc(CN2CCC(C)(CC#N)CC2)c(C)c1O. The van der Waals surface area contributed by atoms with Crippen molar-refractivity contribution in [1.82, 2.24) is 4.90 Å². The van der Waals surface area contributed by atoms with E-state index in [-0.39, 0.29) is 5.41 Å². The van der Waals surface area contributed by atoms with Crippen LogP contribution in [0.25, 0.3) is 5.57 Å². The van der Waals surface area contributed by atoms with Crippen molar-refractivity contribution in [2.24, 2.45) is 5.41 Å². The summed E-state index contributed by atoms with van der Waals surface area (Å²) >= 11 is 0. The van der Waals surface area contributed by atoms with E-state index < -0.39 is 0 Å². The van der Waals surface area contributed by atoms with Gasteiger partial charge in [-0.05, 0) is 61.9 Å². The number of hydrogen-bond donors (Lipinski definition) is 1. The van der Waals surface area contributed by atoms with Crippen molar-refractivity contribution in [2.75, 3.05) is 13.1 Å². The summed E-state index contributed by atoms with van der Waals surface area (Å²) in [7, 11) is 0. The third kappa shape index (κ3) is 4.07. The fourth-order valence-corrected chi connectivity index (χ4v) is 3.36. The first-order valence-electron chi connectivity index (χ1n) is 8.60. The van der Waals surface area contributed by atoms with Gasteiger partial charge in [0, 0.05) is 18.5 Å². The molecule has 0 atom stereocenters. The second-order valence-corrected chi connectivity index (χ2v) is 7.25. The summed E-state index contributed by atoms with van der Waals surface area (Å²) in [5.41, 5.74) is 4.18. The van der Waals surface area contributed by atoms with E-state index in [0.29, 0.717) is 12.2 Å². The van der Waals surface area contributed by atoms with Crippen LogP contribution in [0, 0.1) is 23.7 Å². The van der Waals surface area contributed by atoms with Gasteiger partial charge in [0.2, 0.25) is 0 Å². The van der Waals surface area contributed by atoms with Gasteiger partial charge in [-0.3, -0.25) is 4.90 Å². The van der Waals surface area contributed by atoms with Crippen LogP contribution < -0.4 is 0 Å². The number of piperidine rings is 1. The zero-order chi connectivity index (χ0) is 17.7. The van der Waals surface area contributed by atoms with Gasteiger partial charge in [0.15, 0.2) is 0 Å². The van der Waals surface area contributed by atoms with E-state index in [2.05, 4.69) is 30.5 Å². The van der Waals surface area contributed by atoms with Crippen molar-refractivity contribution < 1.29 is 5.11 Å². The highest BCUT2D eigenvalue weighted by Gasteiger charge is 2.30. The minimum Gasteiger partial charge on any atom is -0.507 e.